The molecule has 0 aliphatic rings. The summed E-state index contributed by atoms with van der Waals surface area (Å²) in [6.07, 6.45) is 1.51. The molecule has 9 heteroatoms. The van der Waals surface area contributed by atoms with Crippen LogP contribution in [-0.2, 0) is 10.0 Å². The van der Waals surface area contributed by atoms with Gasteiger partial charge in [-0.25, -0.2) is 13.4 Å². The van der Waals surface area contributed by atoms with E-state index < -0.39 is 10.0 Å². The van der Waals surface area contributed by atoms with Crippen molar-refractivity contribution in [2.75, 3.05) is 17.1 Å². The van der Waals surface area contributed by atoms with Crippen LogP contribution in [0.3, 0.4) is 0 Å². The van der Waals surface area contributed by atoms with Crippen molar-refractivity contribution in [2.24, 2.45) is 0 Å². The minimum atomic E-state index is -3.72. The molecule has 1 aromatic heterocycles. The Morgan fingerprint density at radius 1 is 1.15 bits per heavy atom. The van der Waals surface area contributed by atoms with Gasteiger partial charge in [-0.05, 0) is 42.5 Å². The van der Waals surface area contributed by atoms with Crippen LogP contribution < -0.4 is 14.8 Å². The number of carbonyl (C=O) groups is 1. The second-order valence-electron chi connectivity index (χ2n) is 5.15. The topological polar surface area (TPSA) is 97.4 Å². The maximum atomic E-state index is 12.3. The average Bonchev–Trinajstić information content (AvgIpc) is 3.14. The number of hydrogen-bond acceptors (Lipinski definition) is 6. The minimum Gasteiger partial charge on any atom is -0.497 e. The summed E-state index contributed by atoms with van der Waals surface area (Å²) in [6.45, 7) is 0. The van der Waals surface area contributed by atoms with E-state index in [0.717, 1.165) is 0 Å². The van der Waals surface area contributed by atoms with E-state index in [0.29, 0.717) is 22.1 Å². The monoisotopic (exact) mass is 389 g/mol. The summed E-state index contributed by atoms with van der Waals surface area (Å²) < 4.78 is 32.0. The van der Waals surface area contributed by atoms with Gasteiger partial charge in [-0.1, -0.05) is 6.07 Å². The number of rotatable bonds is 6. The highest BCUT2D eigenvalue weighted by atomic mass is 32.2. The predicted octanol–water partition coefficient (Wildman–Crippen LogP) is 3.20. The van der Waals surface area contributed by atoms with Gasteiger partial charge in [-0.2, -0.15) is 0 Å². The third kappa shape index (κ3) is 4.19. The Morgan fingerprint density at radius 3 is 2.58 bits per heavy atom. The maximum absolute atomic E-state index is 12.3. The van der Waals surface area contributed by atoms with Gasteiger partial charge in [0.2, 0.25) is 0 Å². The molecule has 1 heterocycles. The predicted molar refractivity (Wildman–Crippen MR) is 100 cm³/mol. The number of nitrogens with zero attached hydrogens (tertiary/aromatic N) is 1. The molecule has 3 rings (SSSR count). The molecule has 26 heavy (non-hydrogen) atoms. The van der Waals surface area contributed by atoms with E-state index in [1.807, 2.05) is 0 Å². The molecule has 3 aromatic rings. The first kappa shape index (κ1) is 17.9. The van der Waals surface area contributed by atoms with E-state index in [-0.39, 0.29) is 10.8 Å². The van der Waals surface area contributed by atoms with E-state index in [9.17, 15) is 13.2 Å². The van der Waals surface area contributed by atoms with Crippen LogP contribution in [0.25, 0.3) is 0 Å². The molecule has 2 aromatic carbocycles. The first-order chi connectivity index (χ1) is 12.5. The molecule has 0 fully saturated rings. The van der Waals surface area contributed by atoms with Gasteiger partial charge in [-0.3, -0.25) is 9.52 Å². The summed E-state index contributed by atoms with van der Waals surface area (Å²) in [7, 11) is -2.20. The zero-order chi connectivity index (χ0) is 18.6. The number of sulfonamides is 1. The van der Waals surface area contributed by atoms with Crippen molar-refractivity contribution in [2.45, 2.75) is 4.90 Å². The molecule has 2 N–H and O–H groups in total. The fraction of sp³-hybridized carbons (Fsp3) is 0.0588. The minimum absolute atomic E-state index is 0.0760. The first-order valence-corrected chi connectivity index (χ1v) is 9.82. The van der Waals surface area contributed by atoms with E-state index in [1.54, 1.807) is 29.6 Å². The lowest BCUT2D eigenvalue weighted by atomic mass is 10.2. The van der Waals surface area contributed by atoms with Crippen molar-refractivity contribution in [3.63, 3.8) is 0 Å². The summed E-state index contributed by atoms with van der Waals surface area (Å²) in [5.74, 6) is 0.257. The summed E-state index contributed by atoms with van der Waals surface area (Å²) in [4.78, 5) is 16.2. The quantitative estimate of drug-likeness (QED) is 0.675. The Balaban J connectivity index is 1.72. The Bertz CT molecular complexity index is 1000. The van der Waals surface area contributed by atoms with E-state index in [1.165, 1.54) is 48.9 Å². The molecule has 134 valence electrons. The largest absolute Gasteiger partial charge is 0.497 e. The Hall–Kier alpha value is -2.91. The molecule has 7 nitrogen and oxygen atoms in total. The van der Waals surface area contributed by atoms with Crippen LogP contribution in [0, 0.1) is 0 Å². The smallest absolute Gasteiger partial charge is 0.263 e. The highest BCUT2D eigenvalue weighted by Gasteiger charge is 2.15. The fourth-order valence-corrected chi connectivity index (χ4v) is 3.92. The lowest BCUT2D eigenvalue weighted by molar-refractivity contribution is 0.102. The zero-order valence-corrected chi connectivity index (χ0v) is 15.3. The normalized spacial score (nSPS) is 11.0. The molecule has 0 saturated carbocycles. The van der Waals surface area contributed by atoms with Crippen LogP contribution in [-0.4, -0.2) is 26.4 Å². The second kappa shape index (κ2) is 7.54. The maximum Gasteiger partial charge on any atom is 0.263 e. The molecule has 0 bridgehead atoms. The van der Waals surface area contributed by atoms with Crippen molar-refractivity contribution < 1.29 is 17.9 Å². The number of amides is 1. The third-order valence-corrected chi connectivity index (χ3v) is 5.58. The Labute approximate surface area is 154 Å². The lowest BCUT2D eigenvalue weighted by Gasteiger charge is -2.08. The molecule has 0 spiro atoms. The van der Waals surface area contributed by atoms with Crippen LogP contribution in [0.1, 0.15) is 10.4 Å². The van der Waals surface area contributed by atoms with Crippen LogP contribution in [0.5, 0.6) is 5.75 Å². The molecule has 0 unspecified atom stereocenters. The molecular formula is C17H15N3O4S2. The van der Waals surface area contributed by atoms with Crippen molar-refractivity contribution in [3.05, 3.63) is 65.7 Å². The number of hydrogen-bond donors (Lipinski definition) is 2. The number of carbonyl (C=O) groups excluding carboxylic acids is 1. The zero-order valence-electron chi connectivity index (χ0n) is 13.7. The number of anilines is 2. The van der Waals surface area contributed by atoms with Crippen LogP contribution in [0.4, 0.5) is 10.8 Å². The van der Waals surface area contributed by atoms with Gasteiger partial charge in [0.05, 0.1) is 12.0 Å². The van der Waals surface area contributed by atoms with Crippen molar-refractivity contribution in [1.82, 2.24) is 4.98 Å². The number of benzene rings is 2. The Kier molecular flexibility index (Phi) is 5.19. The molecule has 0 aliphatic carbocycles. The van der Waals surface area contributed by atoms with Gasteiger partial charge >= 0.3 is 0 Å². The summed E-state index contributed by atoms with van der Waals surface area (Å²) >= 11 is 1.19. The van der Waals surface area contributed by atoms with Gasteiger partial charge in [0.1, 0.15) is 5.75 Å². The van der Waals surface area contributed by atoms with Gasteiger partial charge in [0.15, 0.2) is 5.13 Å². The van der Waals surface area contributed by atoms with E-state index >= 15 is 0 Å². The summed E-state index contributed by atoms with van der Waals surface area (Å²) in [5.41, 5.74) is 0.914. The SMILES string of the molecule is COc1cccc(C(=O)Nc2ccc(S(=O)(=O)Nc3nccs3)cc2)c1. The first-order valence-electron chi connectivity index (χ1n) is 7.46. The van der Waals surface area contributed by atoms with E-state index in [4.69, 9.17) is 4.74 Å². The highest BCUT2D eigenvalue weighted by molar-refractivity contribution is 7.93. The van der Waals surface area contributed by atoms with Gasteiger partial charge in [0.25, 0.3) is 15.9 Å². The van der Waals surface area contributed by atoms with Crippen LogP contribution >= 0.6 is 11.3 Å². The van der Waals surface area contributed by atoms with E-state index in [2.05, 4.69) is 15.0 Å². The molecule has 0 saturated heterocycles. The number of aromatic nitrogens is 1. The van der Waals surface area contributed by atoms with Crippen LogP contribution in [0.15, 0.2) is 65.0 Å². The van der Waals surface area contributed by atoms with Crippen molar-refractivity contribution in [3.8, 4) is 5.75 Å². The standard InChI is InChI=1S/C17H15N3O4S2/c1-24-14-4-2-3-12(11-14)16(21)19-13-5-7-15(8-6-13)26(22,23)20-17-18-9-10-25-17/h2-11H,1H3,(H,18,20)(H,19,21). The molecule has 0 aliphatic heterocycles. The van der Waals surface area contributed by atoms with Gasteiger partial charge < -0.3 is 10.1 Å². The fourth-order valence-electron chi connectivity index (χ4n) is 2.13. The third-order valence-electron chi connectivity index (χ3n) is 3.41. The summed E-state index contributed by atoms with van der Waals surface area (Å²) in [6, 6.07) is 12.6. The molecule has 0 atom stereocenters. The van der Waals surface area contributed by atoms with Crippen molar-refractivity contribution >= 4 is 38.1 Å². The number of ether oxygens (including phenoxy) is 1. The molecular weight excluding hydrogens is 374 g/mol. The Morgan fingerprint density at radius 2 is 1.92 bits per heavy atom. The highest BCUT2D eigenvalue weighted by Crippen LogP contribution is 2.20. The number of nitrogens with one attached hydrogen (secondary N) is 2. The van der Waals surface area contributed by atoms with Gasteiger partial charge in [-0.15, -0.1) is 11.3 Å². The summed E-state index contributed by atoms with van der Waals surface area (Å²) in [5, 5.41) is 4.68. The lowest BCUT2D eigenvalue weighted by Crippen LogP contribution is -2.14. The second-order valence-corrected chi connectivity index (χ2v) is 7.73. The number of thiazole rings is 1. The average molecular weight is 389 g/mol. The van der Waals surface area contributed by atoms with Gasteiger partial charge in [0, 0.05) is 22.8 Å². The van der Waals surface area contributed by atoms with Crippen molar-refractivity contribution in [1.29, 1.82) is 0 Å². The molecule has 0 radical (unpaired) electrons. The molecule has 1 amide bonds. The number of methoxy groups -OCH3 is 1. The van der Waals surface area contributed by atoms with Crippen LogP contribution in [0.2, 0.25) is 0 Å².